The fraction of sp³-hybridized carbons (Fsp3) is 0. The molecule has 7 heteroatoms. The summed E-state index contributed by atoms with van der Waals surface area (Å²) in [5, 5.41) is 4.49. The number of benzene rings is 3. The lowest BCUT2D eigenvalue weighted by molar-refractivity contribution is 0.102. The average Bonchev–Trinajstić information content (AvgIpc) is 2.71. The highest BCUT2D eigenvalue weighted by atomic mass is 79.9. The summed E-state index contributed by atoms with van der Waals surface area (Å²) in [4.78, 5) is 17.9. The number of fused-ring (bicyclic) bond motifs is 1. The number of hydrogen-bond acceptors (Lipinski definition) is 2. The van der Waals surface area contributed by atoms with Crippen molar-refractivity contribution in [3.05, 3.63) is 91.8 Å². The van der Waals surface area contributed by atoms with Crippen molar-refractivity contribution in [1.29, 1.82) is 0 Å². The smallest absolute Gasteiger partial charge is 0.256 e. The highest BCUT2D eigenvalue weighted by Crippen LogP contribution is 2.33. The number of hydrogen-bond donors (Lipinski definition) is 1. The molecule has 0 spiro atoms. The quantitative estimate of drug-likeness (QED) is 0.287. The van der Waals surface area contributed by atoms with Crippen LogP contribution in [0.25, 0.3) is 22.2 Å². The van der Waals surface area contributed by atoms with Gasteiger partial charge in [-0.15, -0.1) is 0 Å². The molecule has 0 unspecified atom stereocenters. The van der Waals surface area contributed by atoms with Crippen LogP contribution in [0.1, 0.15) is 10.4 Å². The third kappa shape index (κ3) is 4.26. The highest BCUT2D eigenvalue weighted by Gasteiger charge is 2.16. The first-order valence-corrected chi connectivity index (χ1v) is 10.5. The van der Waals surface area contributed by atoms with Crippen molar-refractivity contribution in [2.45, 2.75) is 0 Å². The minimum atomic E-state index is -0.319. The van der Waals surface area contributed by atoms with E-state index in [0.29, 0.717) is 32.0 Å². The van der Waals surface area contributed by atoms with Crippen LogP contribution < -0.4 is 5.32 Å². The number of pyridine rings is 1. The van der Waals surface area contributed by atoms with Gasteiger partial charge in [-0.25, -0.2) is 4.98 Å². The van der Waals surface area contributed by atoms with Crippen molar-refractivity contribution >= 4 is 73.2 Å². The van der Waals surface area contributed by atoms with Crippen molar-refractivity contribution in [3.63, 3.8) is 0 Å². The molecule has 1 N–H and O–H groups in total. The number of amides is 1. The molecule has 3 aromatic carbocycles. The van der Waals surface area contributed by atoms with Gasteiger partial charge in [-0.05, 0) is 36.4 Å². The first-order valence-electron chi connectivity index (χ1n) is 8.54. The fourth-order valence-corrected chi connectivity index (χ4v) is 3.96. The molecule has 0 bridgehead atoms. The van der Waals surface area contributed by atoms with E-state index in [1.165, 1.54) is 12.1 Å². The molecule has 0 aliphatic heterocycles. The number of carbonyl (C=O) groups is 1. The van der Waals surface area contributed by atoms with E-state index < -0.39 is 0 Å². The zero-order valence-corrected chi connectivity index (χ0v) is 18.6. The summed E-state index contributed by atoms with van der Waals surface area (Å²) in [5.74, 6) is -0.319. The van der Waals surface area contributed by atoms with Crippen molar-refractivity contribution in [3.8, 4) is 11.3 Å². The predicted octanol–water partition coefficient (Wildman–Crippen LogP) is 7.88. The van der Waals surface area contributed by atoms with Crippen molar-refractivity contribution < 1.29 is 4.79 Å². The Bertz CT molecular complexity index is 1260. The van der Waals surface area contributed by atoms with Gasteiger partial charge in [-0.1, -0.05) is 81.1 Å². The van der Waals surface area contributed by atoms with E-state index in [0.717, 1.165) is 20.9 Å². The minimum absolute atomic E-state index is 0.304. The van der Waals surface area contributed by atoms with Crippen LogP contribution in [0.3, 0.4) is 0 Å². The third-order valence-corrected chi connectivity index (χ3v) is 5.87. The summed E-state index contributed by atoms with van der Waals surface area (Å²) >= 11 is 21.7. The molecule has 0 fully saturated rings. The lowest BCUT2D eigenvalue weighted by Crippen LogP contribution is -2.13. The van der Waals surface area contributed by atoms with Crippen molar-refractivity contribution in [2.24, 2.45) is 0 Å². The second kappa shape index (κ2) is 8.33. The van der Waals surface area contributed by atoms with Gasteiger partial charge in [-0.2, -0.15) is 0 Å². The molecule has 0 aliphatic rings. The van der Waals surface area contributed by atoms with E-state index in [2.05, 4.69) is 21.2 Å². The van der Waals surface area contributed by atoms with Crippen molar-refractivity contribution in [1.82, 2.24) is 4.98 Å². The molecular formula is C22H12BrCl3N2O. The summed E-state index contributed by atoms with van der Waals surface area (Å²) < 4.78 is 0.929. The zero-order chi connectivity index (χ0) is 20.5. The van der Waals surface area contributed by atoms with E-state index >= 15 is 0 Å². The zero-order valence-electron chi connectivity index (χ0n) is 14.7. The first-order chi connectivity index (χ1) is 13.9. The number of nitrogens with zero attached hydrogens (tertiary/aromatic N) is 1. The SMILES string of the molecule is O=C(Nc1cc(Cl)c(Cl)cc1Cl)c1cc(-c2cccc(Br)c2)nc2ccccc12. The minimum Gasteiger partial charge on any atom is -0.321 e. The predicted molar refractivity (Wildman–Crippen MR) is 124 cm³/mol. The molecule has 0 atom stereocenters. The van der Waals surface area contributed by atoms with Gasteiger partial charge in [0.05, 0.1) is 37.5 Å². The van der Waals surface area contributed by atoms with Gasteiger partial charge >= 0.3 is 0 Å². The van der Waals surface area contributed by atoms with Crippen LogP contribution in [0, 0.1) is 0 Å². The maximum atomic E-state index is 13.1. The molecule has 29 heavy (non-hydrogen) atoms. The number of rotatable bonds is 3. The van der Waals surface area contributed by atoms with E-state index in [9.17, 15) is 4.79 Å². The Morgan fingerprint density at radius 1 is 0.862 bits per heavy atom. The Morgan fingerprint density at radius 2 is 1.62 bits per heavy atom. The third-order valence-electron chi connectivity index (χ3n) is 4.34. The Labute approximate surface area is 190 Å². The van der Waals surface area contributed by atoms with Crippen LogP contribution >= 0.6 is 50.7 Å². The molecule has 0 saturated heterocycles. The molecule has 4 aromatic rings. The molecular weight excluding hydrogens is 495 g/mol. The normalized spacial score (nSPS) is 10.9. The van der Waals surface area contributed by atoms with Gasteiger partial charge in [0.2, 0.25) is 0 Å². The van der Waals surface area contributed by atoms with Gasteiger partial charge in [0.25, 0.3) is 5.91 Å². The standard InChI is InChI=1S/C22H12BrCl3N2O/c23-13-5-3-4-12(8-13)20-9-15(14-6-1-2-7-19(14)27-20)22(29)28-21-11-17(25)16(24)10-18(21)26/h1-11H,(H,28,29). The van der Waals surface area contributed by atoms with Gasteiger partial charge in [0.15, 0.2) is 0 Å². The van der Waals surface area contributed by atoms with Gasteiger partial charge in [-0.3, -0.25) is 4.79 Å². The molecule has 1 amide bonds. The Balaban J connectivity index is 1.82. The molecule has 0 saturated carbocycles. The molecule has 0 aliphatic carbocycles. The van der Waals surface area contributed by atoms with E-state index in [4.69, 9.17) is 39.8 Å². The van der Waals surface area contributed by atoms with Crippen LogP contribution in [0.15, 0.2) is 71.2 Å². The summed E-state index contributed by atoms with van der Waals surface area (Å²) in [6, 6.07) is 20.0. The lowest BCUT2D eigenvalue weighted by Gasteiger charge is -2.12. The Kier molecular flexibility index (Phi) is 5.79. The summed E-state index contributed by atoms with van der Waals surface area (Å²) in [6.07, 6.45) is 0. The summed E-state index contributed by atoms with van der Waals surface area (Å²) in [7, 11) is 0. The molecule has 0 radical (unpaired) electrons. The van der Waals surface area contributed by atoms with Crippen LogP contribution in [0.2, 0.25) is 15.1 Å². The lowest BCUT2D eigenvalue weighted by atomic mass is 10.0. The average molecular weight is 507 g/mol. The summed E-state index contributed by atoms with van der Waals surface area (Å²) in [5.41, 5.74) is 3.17. The van der Waals surface area contributed by atoms with Crippen molar-refractivity contribution in [2.75, 3.05) is 5.32 Å². The second-order valence-electron chi connectivity index (χ2n) is 6.28. The first kappa shape index (κ1) is 20.2. The number of aromatic nitrogens is 1. The van der Waals surface area contributed by atoms with E-state index in [1.54, 1.807) is 6.07 Å². The van der Waals surface area contributed by atoms with E-state index in [1.807, 2.05) is 48.5 Å². The number of carbonyl (C=O) groups excluding carboxylic acids is 1. The number of anilines is 1. The molecule has 1 heterocycles. The second-order valence-corrected chi connectivity index (χ2v) is 8.42. The maximum Gasteiger partial charge on any atom is 0.256 e. The number of halogens is 4. The van der Waals surface area contributed by atoms with Gasteiger partial charge in [0.1, 0.15) is 0 Å². The highest BCUT2D eigenvalue weighted by molar-refractivity contribution is 9.10. The number of nitrogens with one attached hydrogen (secondary N) is 1. The maximum absolute atomic E-state index is 13.1. The Morgan fingerprint density at radius 3 is 2.41 bits per heavy atom. The summed E-state index contributed by atoms with van der Waals surface area (Å²) in [6.45, 7) is 0. The van der Waals surface area contributed by atoms with E-state index in [-0.39, 0.29) is 5.91 Å². The van der Waals surface area contributed by atoms with Crippen LogP contribution in [0.5, 0.6) is 0 Å². The fourth-order valence-electron chi connectivity index (χ4n) is 2.97. The number of para-hydroxylation sites is 1. The molecule has 1 aromatic heterocycles. The largest absolute Gasteiger partial charge is 0.321 e. The van der Waals surface area contributed by atoms with Crippen LogP contribution in [-0.2, 0) is 0 Å². The Hall–Kier alpha value is -2.11. The van der Waals surface area contributed by atoms with Gasteiger partial charge < -0.3 is 5.32 Å². The topological polar surface area (TPSA) is 42.0 Å². The molecule has 3 nitrogen and oxygen atoms in total. The van der Waals surface area contributed by atoms with Gasteiger partial charge in [0, 0.05) is 15.4 Å². The molecule has 144 valence electrons. The van der Waals surface area contributed by atoms with Crippen LogP contribution in [0.4, 0.5) is 5.69 Å². The molecule has 4 rings (SSSR count). The monoisotopic (exact) mass is 504 g/mol. The van der Waals surface area contributed by atoms with Crippen LogP contribution in [-0.4, -0.2) is 10.9 Å².